The molecule has 1 nitrogen and oxygen atoms in total. The van der Waals surface area contributed by atoms with E-state index in [-0.39, 0.29) is 17.4 Å². The van der Waals surface area contributed by atoms with Crippen molar-refractivity contribution in [3.05, 3.63) is 34.1 Å². The summed E-state index contributed by atoms with van der Waals surface area (Å²) in [6, 6.07) is -0.184. The molecule has 1 aromatic carbocycles. The SMILES string of the molecule is Cc1ccc(F)c([C@H](N)C(F)(F)F)c1Cl.Cl. The van der Waals surface area contributed by atoms with Crippen molar-refractivity contribution in [2.75, 3.05) is 0 Å². The van der Waals surface area contributed by atoms with Crippen LogP contribution in [-0.4, -0.2) is 6.18 Å². The Morgan fingerprint density at radius 3 is 2.25 bits per heavy atom. The zero-order chi connectivity index (χ0) is 11.8. The molecule has 0 fully saturated rings. The number of halogens is 6. The van der Waals surface area contributed by atoms with Crippen molar-refractivity contribution in [2.24, 2.45) is 5.73 Å². The minimum Gasteiger partial charge on any atom is -0.316 e. The van der Waals surface area contributed by atoms with E-state index in [1.165, 1.54) is 13.0 Å². The van der Waals surface area contributed by atoms with Crippen molar-refractivity contribution in [3.8, 4) is 0 Å². The van der Waals surface area contributed by atoms with E-state index in [2.05, 4.69) is 0 Å². The van der Waals surface area contributed by atoms with Crippen molar-refractivity contribution in [1.29, 1.82) is 0 Å². The van der Waals surface area contributed by atoms with Gasteiger partial charge >= 0.3 is 6.18 Å². The Morgan fingerprint density at radius 1 is 1.31 bits per heavy atom. The van der Waals surface area contributed by atoms with Gasteiger partial charge in [-0.15, -0.1) is 12.4 Å². The van der Waals surface area contributed by atoms with E-state index in [1.54, 1.807) is 0 Å². The highest BCUT2D eigenvalue weighted by Gasteiger charge is 2.40. The van der Waals surface area contributed by atoms with Gasteiger partial charge in [0.25, 0.3) is 0 Å². The first kappa shape index (κ1) is 15.5. The molecular formula is C9H9Cl2F4N. The lowest BCUT2D eigenvalue weighted by Gasteiger charge is -2.18. The molecule has 0 aromatic heterocycles. The Morgan fingerprint density at radius 2 is 1.81 bits per heavy atom. The maximum absolute atomic E-state index is 13.1. The molecule has 0 aliphatic carbocycles. The molecule has 16 heavy (non-hydrogen) atoms. The van der Waals surface area contributed by atoms with Gasteiger partial charge in [0.1, 0.15) is 11.9 Å². The second-order valence-electron chi connectivity index (χ2n) is 3.11. The summed E-state index contributed by atoms with van der Waals surface area (Å²) in [5, 5.41) is -0.278. The Labute approximate surface area is 101 Å². The van der Waals surface area contributed by atoms with E-state index in [1.807, 2.05) is 0 Å². The summed E-state index contributed by atoms with van der Waals surface area (Å²) in [6.45, 7) is 1.48. The molecule has 0 unspecified atom stereocenters. The first-order valence-electron chi connectivity index (χ1n) is 4.02. The normalized spacial score (nSPS) is 13.2. The van der Waals surface area contributed by atoms with Gasteiger partial charge in [-0.05, 0) is 18.6 Å². The average molecular weight is 278 g/mol. The van der Waals surface area contributed by atoms with Crippen LogP contribution in [0.2, 0.25) is 5.02 Å². The minimum absolute atomic E-state index is 0. The molecule has 1 atom stereocenters. The monoisotopic (exact) mass is 277 g/mol. The van der Waals surface area contributed by atoms with Gasteiger partial charge in [-0.25, -0.2) is 4.39 Å². The van der Waals surface area contributed by atoms with E-state index in [9.17, 15) is 17.6 Å². The largest absolute Gasteiger partial charge is 0.407 e. The van der Waals surface area contributed by atoms with Crippen molar-refractivity contribution in [1.82, 2.24) is 0 Å². The van der Waals surface area contributed by atoms with Crippen LogP contribution in [0.1, 0.15) is 17.2 Å². The molecule has 0 radical (unpaired) electrons. The number of aryl methyl sites for hydroxylation is 1. The second kappa shape index (κ2) is 5.21. The van der Waals surface area contributed by atoms with Crippen LogP contribution in [-0.2, 0) is 0 Å². The third kappa shape index (κ3) is 2.99. The van der Waals surface area contributed by atoms with E-state index in [0.29, 0.717) is 5.56 Å². The topological polar surface area (TPSA) is 26.0 Å². The molecule has 0 heterocycles. The molecular weight excluding hydrogens is 269 g/mol. The maximum Gasteiger partial charge on any atom is 0.407 e. The van der Waals surface area contributed by atoms with Crippen molar-refractivity contribution in [2.45, 2.75) is 19.1 Å². The van der Waals surface area contributed by atoms with Gasteiger partial charge in [-0.3, -0.25) is 0 Å². The lowest BCUT2D eigenvalue weighted by molar-refractivity contribution is -0.149. The highest BCUT2D eigenvalue weighted by Crippen LogP contribution is 2.36. The lowest BCUT2D eigenvalue weighted by Crippen LogP contribution is -2.29. The molecule has 0 saturated heterocycles. The van der Waals surface area contributed by atoms with Crippen molar-refractivity contribution < 1.29 is 17.6 Å². The fourth-order valence-electron chi connectivity index (χ4n) is 1.13. The highest BCUT2D eigenvalue weighted by molar-refractivity contribution is 6.32. The third-order valence-electron chi connectivity index (χ3n) is 1.98. The van der Waals surface area contributed by atoms with E-state index in [0.717, 1.165) is 6.07 Å². The fraction of sp³-hybridized carbons (Fsp3) is 0.333. The number of rotatable bonds is 1. The van der Waals surface area contributed by atoms with Crippen LogP contribution in [0.3, 0.4) is 0 Å². The maximum atomic E-state index is 13.1. The molecule has 1 aromatic rings. The number of benzene rings is 1. The molecule has 0 amide bonds. The minimum atomic E-state index is -4.71. The van der Waals surface area contributed by atoms with Gasteiger partial charge in [-0.2, -0.15) is 13.2 Å². The van der Waals surface area contributed by atoms with Gasteiger partial charge in [-0.1, -0.05) is 17.7 Å². The summed E-state index contributed by atoms with van der Waals surface area (Å²) in [7, 11) is 0. The highest BCUT2D eigenvalue weighted by atomic mass is 35.5. The molecule has 0 aliphatic heterocycles. The standard InChI is InChI=1S/C9H8ClF4N.ClH/c1-4-2-3-5(11)6(7(4)10)8(15)9(12,13)14;/h2-3,8H,15H2,1H3;1H/t8-;/m0./s1. The van der Waals surface area contributed by atoms with Crippen molar-refractivity contribution >= 4 is 24.0 Å². The summed E-state index contributed by atoms with van der Waals surface area (Å²) in [5.74, 6) is -1.05. The van der Waals surface area contributed by atoms with Gasteiger partial charge in [0, 0.05) is 5.56 Å². The molecule has 1 rings (SSSR count). The molecule has 2 N–H and O–H groups in total. The van der Waals surface area contributed by atoms with Gasteiger partial charge in [0.05, 0.1) is 5.02 Å². The fourth-order valence-corrected chi connectivity index (χ4v) is 1.40. The third-order valence-corrected chi connectivity index (χ3v) is 2.48. The predicted octanol–water partition coefficient (Wildman–Crippen LogP) is 3.77. The summed E-state index contributed by atoms with van der Waals surface area (Å²) in [5.41, 5.74) is 4.54. The van der Waals surface area contributed by atoms with E-state index < -0.39 is 23.6 Å². The quantitative estimate of drug-likeness (QED) is 0.777. The number of hydrogen-bond acceptors (Lipinski definition) is 1. The molecule has 0 saturated carbocycles. The van der Waals surface area contributed by atoms with E-state index in [4.69, 9.17) is 17.3 Å². The average Bonchev–Trinajstić information content (AvgIpc) is 2.10. The summed E-state index contributed by atoms with van der Waals surface area (Å²) in [6.07, 6.45) is -4.71. The van der Waals surface area contributed by atoms with Crippen LogP contribution in [0.4, 0.5) is 17.6 Å². The van der Waals surface area contributed by atoms with Crippen LogP contribution >= 0.6 is 24.0 Å². The molecule has 92 valence electrons. The van der Waals surface area contributed by atoms with Crippen LogP contribution in [0.15, 0.2) is 12.1 Å². The molecule has 0 spiro atoms. The van der Waals surface area contributed by atoms with Crippen LogP contribution < -0.4 is 5.73 Å². The van der Waals surface area contributed by atoms with Gasteiger partial charge in [0.2, 0.25) is 0 Å². The summed E-state index contributed by atoms with van der Waals surface area (Å²) < 4.78 is 50.0. The van der Waals surface area contributed by atoms with Gasteiger partial charge in [0.15, 0.2) is 0 Å². The lowest BCUT2D eigenvalue weighted by atomic mass is 10.0. The number of hydrogen-bond donors (Lipinski definition) is 1. The van der Waals surface area contributed by atoms with Gasteiger partial charge < -0.3 is 5.73 Å². The Balaban J connectivity index is 0.00000225. The van der Waals surface area contributed by atoms with Crippen LogP contribution in [0, 0.1) is 12.7 Å². The molecule has 0 aliphatic rings. The summed E-state index contributed by atoms with van der Waals surface area (Å²) >= 11 is 5.58. The second-order valence-corrected chi connectivity index (χ2v) is 3.49. The Bertz CT molecular complexity index is 379. The zero-order valence-electron chi connectivity index (χ0n) is 8.11. The number of nitrogens with two attached hydrogens (primary N) is 1. The first-order chi connectivity index (χ1) is 6.75. The predicted molar refractivity (Wildman–Crippen MR) is 56.4 cm³/mol. The zero-order valence-corrected chi connectivity index (χ0v) is 9.68. The first-order valence-corrected chi connectivity index (χ1v) is 4.39. The summed E-state index contributed by atoms with van der Waals surface area (Å²) in [4.78, 5) is 0. The van der Waals surface area contributed by atoms with E-state index >= 15 is 0 Å². The smallest absolute Gasteiger partial charge is 0.316 e. The van der Waals surface area contributed by atoms with Crippen molar-refractivity contribution in [3.63, 3.8) is 0 Å². The number of alkyl halides is 3. The Kier molecular flexibility index (Phi) is 5.04. The molecule has 0 bridgehead atoms. The van der Waals surface area contributed by atoms with Crippen LogP contribution in [0.25, 0.3) is 0 Å². The van der Waals surface area contributed by atoms with Crippen LogP contribution in [0.5, 0.6) is 0 Å². The molecule has 7 heteroatoms. The Hall–Kier alpha value is -0.520.